The summed E-state index contributed by atoms with van der Waals surface area (Å²) in [6.45, 7) is 6.41. The molecular weight excluding hydrogens is 326 g/mol. The van der Waals surface area contributed by atoms with E-state index >= 15 is 0 Å². The van der Waals surface area contributed by atoms with E-state index in [1.54, 1.807) is 0 Å². The third-order valence-corrected chi connectivity index (χ3v) is 6.52. The lowest BCUT2D eigenvalue weighted by molar-refractivity contribution is -0.108. The maximum absolute atomic E-state index is 10.7. The minimum Gasteiger partial charge on any atom is -0.493 e. The Labute approximate surface area is 156 Å². The van der Waals surface area contributed by atoms with E-state index in [0.717, 1.165) is 69.4 Å². The van der Waals surface area contributed by atoms with Crippen LogP contribution in [0.15, 0.2) is 12.3 Å². The fourth-order valence-electron chi connectivity index (χ4n) is 4.81. The van der Waals surface area contributed by atoms with E-state index in [0.29, 0.717) is 5.92 Å². The third-order valence-electron chi connectivity index (χ3n) is 6.52. The molecule has 0 N–H and O–H groups in total. The molecule has 0 spiro atoms. The maximum Gasteiger partial charge on any atom is 0.135 e. The van der Waals surface area contributed by atoms with Crippen molar-refractivity contribution < 1.29 is 9.53 Å². The molecule has 1 aromatic heterocycles. The van der Waals surface area contributed by atoms with Crippen LogP contribution in [0.1, 0.15) is 44.1 Å². The average Bonchev–Trinajstić information content (AvgIpc) is 3.17. The van der Waals surface area contributed by atoms with Gasteiger partial charge in [0.1, 0.15) is 17.9 Å². The average molecular weight is 357 g/mol. The quantitative estimate of drug-likeness (QED) is 0.733. The topological polar surface area (TPSA) is 45.7 Å². The molecule has 4 rings (SSSR count). The number of fused-ring (bicyclic) bond motifs is 1. The SMILES string of the molecule is O=CCC1CCC(CCN2CCN(c3nccc4c3CCO4)CC2)CC1. The molecule has 1 aromatic rings. The van der Waals surface area contributed by atoms with Gasteiger partial charge in [0.2, 0.25) is 0 Å². The van der Waals surface area contributed by atoms with Gasteiger partial charge in [-0.25, -0.2) is 4.98 Å². The van der Waals surface area contributed by atoms with Crippen LogP contribution in [0.25, 0.3) is 0 Å². The van der Waals surface area contributed by atoms with Crippen LogP contribution in [0.3, 0.4) is 0 Å². The number of pyridine rings is 1. The van der Waals surface area contributed by atoms with Crippen LogP contribution < -0.4 is 9.64 Å². The minimum absolute atomic E-state index is 0.663. The predicted octanol–water partition coefficient (Wildman–Crippen LogP) is 2.92. The predicted molar refractivity (Wildman–Crippen MR) is 103 cm³/mol. The molecule has 1 saturated heterocycles. The van der Waals surface area contributed by atoms with Crippen molar-refractivity contribution in [2.24, 2.45) is 11.8 Å². The van der Waals surface area contributed by atoms with Crippen molar-refractivity contribution in [2.75, 3.05) is 44.2 Å². The van der Waals surface area contributed by atoms with Crippen LogP contribution in [0.5, 0.6) is 5.75 Å². The van der Waals surface area contributed by atoms with Crippen LogP contribution in [0.4, 0.5) is 5.82 Å². The fraction of sp³-hybridized carbons (Fsp3) is 0.714. The number of rotatable bonds is 6. The minimum atomic E-state index is 0.663. The van der Waals surface area contributed by atoms with Gasteiger partial charge in [0.25, 0.3) is 0 Å². The Bertz CT molecular complexity index is 605. The third kappa shape index (κ3) is 4.03. The van der Waals surface area contributed by atoms with Gasteiger partial charge in [0.15, 0.2) is 0 Å². The van der Waals surface area contributed by atoms with Crippen LogP contribution in [-0.2, 0) is 11.2 Å². The first-order valence-electron chi connectivity index (χ1n) is 10.3. The molecule has 142 valence electrons. The summed E-state index contributed by atoms with van der Waals surface area (Å²) in [6, 6.07) is 1.99. The lowest BCUT2D eigenvalue weighted by Crippen LogP contribution is -2.47. The van der Waals surface area contributed by atoms with Crippen LogP contribution in [0, 0.1) is 11.8 Å². The number of carbonyl (C=O) groups excluding carboxylic acids is 1. The Balaban J connectivity index is 1.21. The fourth-order valence-corrected chi connectivity index (χ4v) is 4.81. The van der Waals surface area contributed by atoms with Crippen LogP contribution >= 0.6 is 0 Å². The van der Waals surface area contributed by atoms with E-state index in [2.05, 4.69) is 14.8 Å². The van der Waals surface area contributed by atoms with Crippen molar-refractivity contribution in [2.45, 2.75) is 44.9 Å². The molecule has 26 heavy (non-hydrogen) atoms. The molecule has 2 aliphatic heterocycles. The molecule has 0 radical (unpaired) electrons. The molecule has 3 heterocycles. The van der Waals surface area contributed by atoms with E-state index in [1.807, 2.05) is 12.3 Å². The second-order valence-corrected chi connectivity index (χ2v) is 8.12. The summed E-state index contributed by atoms with van der Waals surface area (Å²) in [7, 11) is 0. The molecule has 0 aromatic carbocycles. The highest BCUT2D eigenvalue weighted by Crippen LogP contribution is 2.33. The molecular formula is C21H31N3O2. The van der Waals surface area contributed by atoms with Gasteiger partial charge in [-0.1, -0.05) is 12.8 Å². The van der Waals surface area contributed by atoms with Crippen LogP contribution in [-0.4, -0.2) is 55.5 Å². The Kier molecular flexibility index (Phi) is 5.73. The number of aldehydes is 1. The zero-order valence-corrected chi connectivity index (χ0v) is 15.7. The maximum atomic E-state index is 10.7. The zero-order valence-electron chi connectivity index (χ0n) is 15.7. The molecule has 2 fully saturated rings. The van der Waals surface area contributed by atoms with Crippen molar-refractivity contribution in [1.82, 2.24) is 9.88 Å². The highest BCUT2D eigenvalue weighted by molar-refractivity contribution is 5.55. The summed E-state index contributed by atoms with van der Waals surface area (Å²) < 4.78 is 5.68. The lowest BCUT2D eigenvalue weighted by atomic mass is 9.79. The van der Waals surface area contributed by atoms with E-state index < -0.39 is 0 Å². The van der Waals surface area contributed by atoms with E-state index in [-0.39, 0.29) is 0 Å². The number of hydrogen-bond acceptors (Lipinski definition) is 5. The lowest BCUT2D eigenvalue weighted by Gasteiger charge is -2.37. The number of hydrogen-bond donors (Lipinski definition) is 0. The summed E-state index contributed by atoms with van der Waals surface area (Å²) >= 11 is 0. The monoisotopic (exact) mass is 357 g/mol. The molecule has 1 saturated carbocycles. The molecule has 0 bridgehead atoms. The molecule has 5 nitrogen and oxygen atoms in total. The van der Waals surface area contributed by atoms with Gasteiger partial charge in [0.05, 0.1) is 6.61 Å². The smallest absolute Gasteiger partial charge is 0.135 e. The molecule has 5 heteroatoms. The normalized spacial score (nSPS) is 26.4. The van der Waals surface area contributed by atoms with Gasteiger partial charge in [-0.05, 0) is 43.7 Å². The number of carbonyl (C=O) groups is 1. The molecule has 0 atom stereocenters. The van der Waals surface area contributed by atoms with E-state index in [4.69, 9.17) is 4.74 Å². The Morgan fingerprint density at radius 2 is 1.88 bits per heavy atom. The number of aromatic nitrogens is 1. The van der Waals surface area contributed by atoms with Crippen molar-refractivity contribution in [3.05, 3.63) is 17.8 Å². The van der Waals surface area contributed by atoms with Crippen molar-refractivity contribution in [3.63, 3.8) is 0 Å². The Morgan fingerprint density at radius 3 is 2.65 bits per heavy atom. The summed E-state index contributed by atoms with van der Waals surface area (Å²) in [5, 5.41) is 0. The first kappa shape index (κ1) is 17.8. The van der Waals surface area contributed by atoms with Gasteiger partial charge in [-0.15, -0.1) is 0 Å². The Hall–Kier alpha value is -1.62. The van der Waals surface area contributed by atoms with Crippen molar-refractivity contribution >= 4 is 12.1 Å². The number of piperazine rings is 1. The van der Waals surface area contributed by atoms with Gasteiger partial charge in [-0.2, -0.15) is 0 Å². The molecule has 1 aliphatic carbocycles. The van der Waals surface area contributed by atoms with E-state index in [9.17, 15) is 4.79 Å². The summed E-state index contributed by atoms with van der Waals surface area (Å²) in [6.07, 6.45) is 11.2. The number of anilines is 1. The summed E-state index contributed by atoms with van der Waals surface area (Å²) in [4.78, 5) is 20.4. The zero-order chi connectivity index (χ0) is 17.8. The number of nitrogens with zero attached hydrogens (tertiary/aromatic N) is 3. The summed E-state index contributed by atoms with van der Waals surface area (Å²) in [5.41, 5.74) is 1.30. The highest BCUT2D eigenvalue weighted by Gasteiger charge is 2.25. The van der Waals surface area contributed by atoms with Gasteiger partial charge in [0, 0.05) is 50.8 Å². The van der Waals surface area contributed by atoms with Crippen LogP contribution in [0.2, 0.25) is 0 Å². The van der Waals surface area contributed by atoms with Gasteiger partial charge >= 0.3 is 0 Å². The van der Waals surface area contributed by atoms with Crippen molar-refractivity contribution in [3.8, 4) is 5.75 Å². The molecule has 0 amide bonds. The first-order chi connectivity index (χ1) is 12.8. The van der Waals surface area contributed by atoms with Gasteiger partial charge < -0.3 is 14.4 Å². The highest BCUT2D eigenvalue weighted by atomic mass is 16.5. The Morgan fingerprint density at radius 1 is 1.12 bits per heavy atom. The van der Waals surface area contributed by atoms with Crippen molar-refractivity contribution in [1.29, 1.82) is 0 Å². The largest absolute Gasteiger partial charge is 0.493 e. The molecule has 3 aliphatic rings. The standard InChI is InChI=1S/C21H31N3O2/c25-15-7-18-3-1-17(2-4-18)6-10-23-11-13-24(14-12-23)21-19-8-16-26-20(19)5-9-22-21/h5,9,15,17-18H,1-4,6-8,10-14,16H2. The summed E-state index contributed by atoms with van der Waals surface area (Å²) in [5.74, 6) is 3.71. The second kappa shape index (κ2) is 8.38. The number of ether oxygens (including phenoxy) is 1. The van der Waals surface area contributed by atoms with E-state index in [1.165, 1.54) is 44.2 Å². The first-order valence-corrected chi connectivity index (χ1v) is 10.3. The molecule has 0 unspecified atom stereocenters. The van der Waals surface area contributed by atoms with Gasteiger partial charge in [-0.3, -0.25) is 4.90 Å². The second-order valence-electron chi connectivity index (χ2n) is 8.12.